The number of rotatable bonds is 6. The van der Waals surface area contributed by atoms with Crippen molar-refractivity contribution < 1.29 is 23.8 Å². The summed E-state index contributed by atoms with van der Waals surface area (Å²) in [4.78, 5) is 36.3. The standard InChI is InChI=1S/C21H27N5O5/c22-20(27)17-2-1-15-13-23-14-18(19(15)24-17)25-5-7-26(8-6-25)21(28)31-12-11-30-16-3-9-29-10-4-16/h1-2,13-14,16H,3-12H2,(H2,22,27). The molecule has 0 aromatic carbocycles. The molecule has 2 N–H and O–H groups in total. The monoisotopic (exact) mass is 429 g/mol. The number of fused-ring (bicyclic) bond motifs is 1. The Balaban J connectivity index is 1.29. The van der Waals surface area contributed by atoms with Gasteiger partial charge in [-0.15, -0.1) is 0 Å². The zero-order valence-corrected chi connectivity index (χ0v) is 17.4. The smallest absolute Gasteiger partial charge is 0.409 e. The summed E-state index contributed by atoms with van der Waals surface area (Å²) in [6.45, 7) is 4.33. The molecule has 2 aromatic heterocycles. The quantitative estimate of drug-likeness (QED) is 0.680. The van der Waals surface area contributed by atoms with E-state index >= 15 is 0 Å². The maximum atomic E-state index is 12.4. The van der Waals surface area contributed by atoms with Gasteiger partial charge in [-0.3, -0.25) is 9.78 Å². The molecular weight excluding hydrogens is 402 g/mol. The minimum atomic E-state index is -0.571. The van der Waals surface area contributed by atoms with Crippen LogP contribution >= 0.6 is 0 Å². The van der Waals surface area contributed by atoms with Gasteiger partial charge in [0, 0.05) is 51.0 Å². The molecule has 0 spiro atoms. The summed E-state index contributed by atoms with van der Waals surface area (Å²) in [5.74, 6) is -0.571. The third-order valence-electron chi connectivity index (χ3n) is 5.54. The second-order valence-electron chi connectivity index (χ2n) is 7.56. The van der Waals surface area contributed by atoms with Crippen LogP contribution in [0.4, 0.5) is 10.5 Å². The first kappa shape index (κ1) is 21.3. The fourth-order valence-electron chi connectivity index (χ4n) is 3.80. The van der Waals surface area contributed by atoms with E-state index in [1.54, 1.807) is 29.4 Å². The minimum Gasteiger partial charge on any atom is -0.447 e. The van der Waals surface area contributed by atoms with Gasteiger partial charge < -0.3 is 29.7 Å². The molecule has 0 radical (unpaired) electrons. The summed E-state index contributed by atoms with van der Waals surface area (Å²) in [6, 6.07) is 3.38. The predicted molar refractivity (Wildman–Crippen MR) is 113 cm³/mol. The van der Waals surface area contributed by atoms with Gasteiger partial charge in [-0.25, -0.2) is 9.78 Å². The molecule has 2 fully saturated rings. The molecule has 31 heavy (non-hydrogen) atoms. The van der Waals surface area contributed by atoms with Gasteiger partial charge in [-0.05, 0) is 25.0 Å². The lowest BCUT2D eigenvalue weighted by Gasteiger charge is -2.35. The zero-order chi connectivity index (χ0) is 21.6. The normalized spacial score (nSPS) is 17.7. The molecule has 4 rings (SSSR count). The third kappa shape index (κ3) is 5.20. The highest BCUT2D eigenvalue weighted by molar-refractivity contribution is 5.96. The van der Waals surface area contributed by atoms with E-state index in [1.807, 2.05) is 0 Å². The van der Waals surface area contributed by atoms with E-state index in [0.717, 1.165) is 37.1 Å². The molecule has 2 saturated heterocycles. The molecule has 2 amide bonds. The molecule has 4 heterocycles. The summed E-state index contributed by atoms with van der Waals surface area (Å²) in [5.41, 5.74) is 7.08. The van der Waals surface area contributed by atoms with Crippen LogP contribution in [-0.2, 0) is 14.2 Å². The van der Waals surface area contributed by atoms with Gasteiger partial charge in [-0.2, -0.15) is 0 Å². The molecule has 2 aliphatic heterocycles. The van der Waals surface area contributed by atoms with Crippen molar-refractivity contribution in [3.63, 3.8) is 0 Å². The number of piperazine rings is 1. The lowest BCUT2D eigenvalue weighted by Crippen LogP contribution is -2.49. The maximum absolute atomic E-state index is 12.4. The van der Waals surface area contributed by atoms with Crippen LogP contribution in [0.2, 0.25) is 0 Å². The lowest BCUT2D eigenvalue weighted by molar-refractivity contribution is -0.0442. The number of hydrogen-bond donors (Lipinski definition) is 1. The van der Waals surface area contributed by atoms with Crippen LogP contribution in [0, 0.1) is 0 Å². The number of pyridine rings is 2. The van der Waals surface area contributed by atoms with Crippen LogP contribution in [0.15, 0.2) is 24.5 Å². The number of nitrogens with two attached hydrogens (primary N) is 1. The van der Waals surface area contributed by atoms with Gasteiger partial charge >= 0.3 is 6.09 Å². The number of nitrogens with zero attached hydrogens (tertiary/aromatic N) is 4. The summed E-state index contributed by atoms with van der Waals surface area (Å²) >= 11 is 0. The van der Waals surface area contributed by atoms with Gasteiger partial charge in [0.05, 0.1) is 30.1 Å². The lowest BCUT2D eigenvalue weighted by atomic mass is 10.2. The number of amides is 2. The Kier molecular flexibility index (Phi) is 6.78. The largest absolute Gasteiger partial charge is 0.447 e. The van der Waals surface area contributed by atoms with Gasteiger partial charge in [0.25, 0.3) is 5.91 Å². The summed E-state index contributed by atoms with van der Waals surface area (Å²) in [6.07, 6.45) is 5.05. The molecule has 166 valence electrons. The van der Waals surface area contributed by atoms with Gasteiger partial charge in [-0.1, -0.05) is 0 Å². The molecule has 2 aromatic rings. The number of aromatic nitrogens is 2. The molecular formula is C21H27N5O5. The van der Waals surface area contributed by atoms with E-state index in [1.165, 1.54) is 0 Å². The van der Waals surface area contributed by atoms with Crippen molar-refractivity contribution >= 4 is 28.6 Å². The van der Waals surface area contributed by atoms with Gasteiger partial charge in [0.1, 0.15) is 12.3 Å². The van der Waals surface area contributed by atoms with E-state index in [9.17, 15) is 9.59 Å². The molecule has 0 aliphatic carbocycles. The molecule has 0 saturated carbocycles. The van der Waals surface area contributed by atoms with Crippen molar-refractivity contribution in [2.24, 2.45) is 5.73 Å². The van der Waals surface area contributed by atoms with Crippen molar-refractivity contribution in [2.45, 2.75) is 18.9 Å². The Hall–Kier alpha value is -2.98. The first-order chi connectivity index (χ1) is 15.1. The molecule has 2 aliphatic rings. The van der Waals surface area contributed by atoms with Crippen molar-refractivity contribution in [1.82, 2.24) is 14.9 Å². The van der Waals surface area contributed by atoms with Crippen LogP contribution in [-0.4, -0.2) is 85.6 Å². The third-order valence-corrected chi connectivity index (χ3v) is 5.54. The second-order valence-corrected chi connectivity index (χ2v) is 7.56. The van der Waals surface area contributed by atoms with E-state index in [-0.39, 0.29) is 24.5 Å². The van der Waals surface area contributed by atoms with E-state index in [0.29, 0.717) is 38.3 Å². The molecule has 10 heteroatoms. The van der Waals surface area contributed by atoms with Crippen LogP contribution in [0.3, 0.4) is 0 Å². The van der Waals surface area contributed by atoms with Crippen LogP contribution in [0.1, 0.15) is 23.3 Å². The van der Waals surface area contributed by atoms with E-state index in [2.05, 4.69) is 14.9 Å². The van der Waals surface area contributed by atoms with Gasteiger partial charge in [0.2, 0.25) is 0 Å². The summed E-state index contributed by atoms with van der Waals surface area (Å²) in [7, 11) is 0. The number of carbonyl (C=O) groups is 2. The average Bonchev–Trinajstić information content (AvgIpc) is 2.81. The highest BCUT2D eigenvalue weighted by Crippen LogP contribution is 2.25. The SMILES string of the molecule is NC(=O)c1ccc2cncc(N3CCN(C(=O)OCCOC4CCOCC4)CC3)c2n1. The van der Waals surface area contributed by atoms with Gasteiger partial charge in [0.15, 0.2) is 0 Å². The number of ether oxygens (including phenoxy) is 3. The van der Waals surface area contributed by atoms with E-state index in [4.69, 9.17) is 19.9 Å². The molecule has 0 atom stereocenters. The Morgan fingerprint density at radius 3 is 2.61 bits per heavy atom. The molecule has 10 nitrogen and oxygen atoms in total. The Bertz CT molecular complexity index is 926. The minimum absolute atomic E-state index is 0.189. The van der Waals surface area contributed by atoms with Crippen LogP contribution in [0.25, 0.3) is 10.9 Å². The Morgan fingerprint density at radius 2 is 1.87 bits per heavy atom. The van der Waals surface area contributed by atoms with Crippen molar-refractivity contribution in [3.05, 3.63) is 30.2 Å². The topological polar surface area (TPSA) is 120 Å². The number of primary amides is 1. The van der Waals surface area contributed by atoms with Crippen LogP contribution < -0.4 is 10.6 Å². The van der Waals surface area contributed by atoms with Crippen molar-refractivity contribution in [3.8, 4) is 0 Å². The van der Waals surface area contributed by atoms with E-state index < -0.39 is 5.91 Å². The highest BCUT2D eigenvalue weighted by Gasteiger charge is 2.24. The second kappa shape index (κ2) is 9.88. The van der Waals surface area contributed by atoms with Crippen molar-refractivity contribution in [2.75, 3.05) is 57.5 Å². The highest BCUT2D eigenvalue weighted by atomic mass is 16.6. The first-order valence-electron chi connectivity index (χ1n) is 10.5. The van der Waals surface area contributed by atoms with Crippen LogP contribution in [0.5, 0.6) is 0 Å². The fourth-order valence-corrected chi connectivity index (χ4v) is 3.80. The van der Waals surface area contributed by atoms with Crippen molar-refractivity contribution in [1.29, 1.82) is 0 Å². The maximum Gasteiger partial charge on any atom is 0.409 e. The number of carbonyl (C=O) groups excluding carboxylic acids is 2. The fraction of sp³-hybridized carbons (Fsp3) is 0.524. The number of hydrogen-bond acceptors (Lipinski definition) is 8. The average molecular weight is 429 g/mol. The number of anilines is 1. The molecule has 0 unspecified atom stereocenters. The summed E-state index contributed by atoms with van der Waals surface area (Å²) < 4.78 is 16.4. The molecule has 0 bridgehead atoms. The first-order valence-corrected chi connectivity index (χ1v) is 10.5. The predicted octanol–water partition coefficient (Wildman–Crippen LogP) is 1.18. The Morgan fingerprint density at radius 1 is 1.10 bits per heavy atom. The summed E-state index contributed by atoms with van der Waals surface area (Å²) in [5, 5.41) is 0.828. The Labute approximate surface area is 180 Å². The zero-order valence-electron chi connectivity index (χ0n) is 17.4.